The van der Waals surface area contributed by atoms with Gasteiger partial charge in [0.05, 0.1) is 12.2 Å². The molecule has 0 spiro atoms. The summed E-state index contributed by atoms with van der Waals surface area (Å²) < 4.78 is 16.5. The molecule has 19 heavy (non-hydrogen) atoms. The Kier molecular flexibility index (Phi) is 6.07. The van der Waals surface area contributed by atoms with Gasteiger partial charge in [0.1, 0.15) is 6.61 Å². The first-order valence-corrected chi connectivity index (χ1v) is 7.38. The van der Waals surface area contributed by atoms with E-state index in [9.17, 15) is 4.79 Å². The second-order valence-electron chi connectivity index (χ2n) is 5.21. The van der Waals surface area contributed by atoms with Gasteiger partial charge in [0.2, 0.25) is 5.91 Å². The lowest BCUT2D eigenvalue weighted by molar-refractivity contribution is -0.139. The topological polar surface area (TPSA) is 48.0 Å². The van der Waals surface area contributed by atoms with Crippen molar-refractivity contribution in [3.05, 3.63) is 0 Å². The van der Waals surface area contributed by atoms with Crippen molar-refractivity contribution < 1.29 is 19.0 Å². The number of ether oxygens (including phenoxy) is 3. The van der Waals surface area contributed by atoms with Crippen molar-refractivity contribution in [1.29, 1.82) is 0 Å². The van der Waals surface area contributed by atoms with E-state index in [0.717, 1.165) is 38.9 Å². The van der Waals surface area contributed by atoms with Gasteiger partial charge in [0, 0.05) is 32.9 Å². The molecule has 0 aliphatic carbocycles. The normalized spacial score (nSPS) is 26.8. The zero-order valence-corrected chi connectivity index (χ0v) is 11.8. The molecular weight excluding hydrogens is 246 g/mol. The molecule has 0 bridgehead atoms. The van der Waals surface area contributed by atoms with E-state index >= 15 is 0 Å². The molecule has 2 rings (SSSR count). The molecule has 0 aromatic rings. The molecule has 5 nitrogen and oxygen atoms in total. The van der Waals surface area contributed by atoms with Crippen molar-refractivity contribution >= 4 is 5.91 Å². The maximum absolute atomic E-state index is 12.2. The fourth-order valence-electron chi connectivity index (χ4n) is 2.63. The van der Waals surface area contributed by atoms with Crippen molar-refractivity contribution in [3.63, 3.8) is 0 Å². The van der Waals surface area contributed by atoms with Crippen molar-refractivity contribution in [3.8, 4) is 0 Å². The van der Waals surface area contributed by atoms with Crippen LogP contribution in [0.25, 0.3) is 0 Å². The Morgan fingerprint density at radius 3 is 2.16 bits per heavy atom. The van der Waals surface area contributed by atoms with Crippen LogP contribution in [-0.4, -0.2) is 62.5 Å². The largest absolute Gasteiger partial charge is 0.376 e. The van der Waals surface area contributed by atoms with Gasteiger partial charge in [0.25, 0.3) is 0 Å². The first kappa shape index (κ1) is 14.8. The van der Waals surface area contributed by atoms with Crippen LogP contribution < -0.4 is 0 Å². The Balaban J connectivity index is 1.84. The van der Waals surface area contributed by atoms with Crippen LogP contribution in [0.4, 0.5) is 0 Å². The maximum Gasteiger partial charge on any atom is 0.248 e. The number of nitrogens with zero attached hydrogens (tertiary/aromatic N) is 1. The number of hydrogen-bond donors (Lipinski definition) is 0. The van der Waals surface area contributed by atoms with Crippen LogP contribution in [0.1, 0.15) is 32.6 Å². The fraction of sp³-hybridized carbons (Fsp3) is 0.929. The minimum Gasteiger partial charge on any atom is -0.376 e. The highest BCUT2D eigenvalue weighted by molar-refractivity contribution is 5.77. The zero-order valence-electron chi connectivity index (χ0n) is 11.8. The molecule has 2 heterocycles. The summed E-state index contributed by atoms with van der Waals surface area (Å²) in [5, 5.41) is 0. The highest BCUT2D eigenvalue weighted by atomic mass is 16.5. The van der Waals surface area contributed by atoms with Gasteiger partial charge in [0.15, 0.2) is 0 Å². The predicted molar refractivity (Wildman–Crippen MR) is 71.0 cm³/mol. The summed E-state index contributed by atoms with van der Waals surface area (Å²) in [4.78, 5) is 14.0. The number of carbonyl (C=O) groups excluding carboxylic acids is 1. The molecule has 0 radical (unpaired) electrons. The lowest BCUT2D eigenvalue weighted by Gasteiger charge is -2.27. The highest BCUT2D eigenvalue weighted by Crippen LogP contribution is 2.17. The quantitative estimate of drug-likeness (QED) is 0.698. The molecule has 5 heteroatoms. The van der Waals surface area contributed by atoms with Crippen LogP contribution in [0.15, 0.2) is 0 Å². The van der Waals surface area contributed by atoms with Gasteiger partial charge in [-0.15, -0.1) is 0 Å². The van der Waals surface area contributed by atoms with E-state index in [0.29, 0.717) is 19.7 Å². The summed E-state index contributed by atoms with van der Waals surface area (Å²) >= 11 is 0. The summed E-state index contributed by atoms with van der Waals surface area (Å²) in [7, 11) is 0. The van der Waals surface area contributed by atoms with Gasteiger partial charge in [-0.25, -0.2) is 0 Å². The van der Waals surface area contributed by atoms with Crippen LogP contribution in [0.3, 0.4) is 0 Å². The molecule has 2 atom stereocenters. The van der Waals surface area contributed by atoms with E-state index in [1.807, 2.05) is 11.8 Å². The van der Waals surface area contributed by atoms with Crippen molar-refractivity contribution in [2.45, 2.75) is 44.8 Å². The Morgan fingerprint density at radius 2 is 1.74 bits per heavy atom. The molecule has 2 saturated heterocycles. The van der Waals surface area contributed by atoms with E-state index in [1.54, 1.807) is 0 Å². The van der Waals surface area contributed by atoms with Gasteiger partial charge >= 0.3 is 0 Å². The number of carbonyl (C=O) groups is 1. The Bertz CT molecular complexity index is 255. The van der Waals surface area contributed by atoms with E-state index < -0.39 is 0 Å². The molecule has 2 aliphatic heterocycles. The summed E-state index contributed by atoms with van der Waals surface area (Å²) in [6, 6.07) is 0. The van der Waals surface area contributed by atoms with Gasteiger partial charge in [-0.3, -0.25) is 4.79 Å². The lowest BCUT2D eigenvalue weighted by atomic mass is 10.2. The van der Waals surface area contributed by atoms with Gasteiger partial charge in [-0.1, -0.05) is 0 Å². The van der Waals surface area contributed by atoms with Crippen molar-refractivity contribution in [2.75, 3.05) is 39.5 Å². The molecule has 0 N–H and O–H groups in total. The third kappa shape index (κ3) is 4.75. The van der Waals surface area contributed by atoms with Gasteiger partial charge < -0.3 is 19.1 Å². The van der Waals surface area contributed by atoms with E-state index in [4.69, 9.17) is 14.2 Å². The third-order valence-corrected chi connectivity index (χ3v) is 3.68. The first-order chi connectivity index (χ1) is 9.29. The zero-order chi connectivity index (χ0) is 13.5. The van der Waals surface area contributed by atoms with Crippen molar-refractivity contribution in [2.24, 2.45) is 0 Å². The number of rotatable bonds is 7. The number of amides is 1. The van der Waals surface area contributed by atoms with Crippen LogP contribution in [-0.2, 0) is 19.0 Å². The van der Waals surface area contributed by atoms with E-state index in [1.165, 1.54) is 0 Å². The maximum atomic E-state index is 12.2. The van der Waals surface area contributed by atoms with Gasteiger partial charge in [-0.2, -0.15) is 0 Å². The summed E-state index contributed by atoms with van der Waals surface area (Å²) in [5.74, 6) is 0.0489. The summed E-state index contributed by atoms with van der Waals surface area (Å²) in [5.41, 5.74) is 0. The van der Waals surface area contributed by atoms with Crippen LogP contribution in [0.5, 0.6) is 0 Å². The molecular formula is C14H25NO4. The second kappa shape index (κ2) is 7.82. The predicted octanol–water partition coefficient (Wildman–Crippen LogP) is 1.21. The monoisotopic (exact) mass is 271 g/mol. The molecule has 110 valence electrons. The molecule has 2 fully saturated rings. The summed E-state index contributed by atoms with van der Waals surface area (Å²) in [6.45, 7) is 5.61. The standard InChI is InChI=1S/C14H25NO4/c1-2-17-11-14(16)15(9-12-5-3-7-18-12)10-13-6-4-8-19-13/h12-13H,2-11H2,1H3. The minimum absolute atomic E-state index is 0.0489. The smallest absolute Gasteiger partial charge is 0.248 e. The van der Waals surface area contributed by atoms with Crippen LogP contribution >= 0.6 is 0 Å². The molecule has 2 aliphatic rings. The number of hydrogen-bond acceptors (Lipinski definition) is 4. The Morgan fingerprint density at radius 1 is 1.16 bits per heavy atom. The average molecular weight is 271 g/mol. The minimum atomic E-state index is 0.0489. The fourth-order valence-corrected chi connectivity index (χ4v) is 2.63. The van der Waals surface area contributed by atoms with E-state index in [2.05, 4.69) is 0 Å². The molecule has 2 unspecified atom stereocenters. The van der Waals surface area contributed by atoms with Crippen LogP contribution in [0.2, 0.25) is 0 Å². The molecule has 0 saturated carbocycles. The third-order valence-electron chi connectivity index (χ3n) is 3.68. The van der Waals surface area contributed by atoms with E-state index in [-0.39, 0.29) is 24.7 Å². The average Bonchev–Trinajstić information content (AvgIpc) is 3.08. The lowest BCUT2D eigenvalue weighted by Crippen LogP contribution is -2.43. The molecule has 0 aromatic carbocycles. The van der Waals surface area contributed by atoms with Crippen LogP contribution in [0, 0.1) is 0 Å². The first-order valence-electron chi connectivity index (χ1n) is 7.38. The SMILES string of the molecule is CCOCC(=O)N(CC1CCCO1)CC1CCCO1. The van der Waals surface area contributed by atoms with Crippen molar-refractivity contribution in [1.82, 2.24) is 4.90 Å². The Labute approximate surface area is 115 Å². The Hall–Kier alpha value is -0.650. The highest BCUT2D eigenvalue weighted by Gasteiger charge is 2.26. The second-order valence-corrected chi connectivity index (χ2v) is 5.21. The van der Waals surface area contributed by atoms with Gasteiger partial charge in [-0.05, 0) is 32.6 Å². The molecule has 0 aromatic heterocycles. The summed E-state index contributed by atoms with van der Waals surface area (Å²) in [6.07, 6.45) is 4.66. The molecule has 1 amide bonds.